The number of hydrogen-bond acceptors (Lipinski definition) is 5. The number of nitrogens with zero attached hydrogens (tertiary/aromatic N) is 5. The minimum absolute atomic E-state index is 0.313. The maximum absolute atomic E-state index is 4.44. The van der Waals surface area contributed by atoms with Gasteiger partial charge in [0.05, 0.1) is 11.6 Å². The zero-order valence-electron chi connectivity index (χ0n) is 10.8. The van der Waals surface area contributed by atoms with E-state index in [9.17, 15) is 0 Å². The van der Waals surface area contributed by atoms with E-state index in [0.29, 0.717) is 6.04 Å². The highest BCUT2D eigenvalue weighted by Gasteiger charge is 2.17. The molecule has 0 atom stereocenters. The van der Waals surface area contributed by atoms with Gasteiger partial charge in [0.15, 0.2) is 5.65 Å². The van der Waals surface area contributed by atoms with E-state index in [-0.39, 0.29) is 0 Å². The first kappa shape index (κ1) is 11.4. The third kappa shape index (κ3) is 1.82. The zero-order chi connectivity index (χ0) is 12.5. The van der Waals surface area contributed by atoms with Crippen molar-refractivity contribution in [3.05, 3.63) is 12.5 Å². The first-order valence-corrected chi connectivity index (χ1v) is 6.41. The smallest absolute Gasteiger partial charge is 0.163 e. The molecule has 1 fully saturated rings. The maximum atomic E-state index is 4.44. The Balaban J connectivity index is 2.07. The average molecular weight is 246 g/mol. The second kappa shape index (κ2) is 4.53. The standard InChI is InChI=1S/C12H18N6/c1-9(2)18-12-10(7-16-18)11(14-8-15-12)17-5-3-13-4-6-17/h7-9,13H,3-6H2,1-2H3. The normalized spacial score (nSPS) is 16.7. The minimum Gasteiger partial charge on any atom is -0.353 e. The summed E-state index contributed by atoms with van der Waals surface area (Å²) in [6.45, 7) is 8.20. The van der Waals surface area contributed by atoms with Crippen LogP contribution in [0.2, 0.25) is 0 Å². The lowest BCUT2D eigenvalue weighted by Gasteiger charge is -2.28. The van der Waals surface area contributed by atoms with Crippen LogP contribution in [0.25, 0.3) is 11.0 Å². The molecular formula is C12H18N6. The molecule has 0 bridgehead atoms. The monoisotopic (exact) mass is 246 g/mol. The Morgan fingerprint density at radius 3 is 2.72 bits per heavy atom. The van der Waals surface area contributed by atoms with Crippen molar-refractivity contribution in [1.82, 2.24) is 25.1 Å². The van der Waals surface area contributed by atoms with Crippen LogP contribution in [0.15, 0.2) is 12.5 Å². The van der Waals surface area contributed by atoms with E-state index in [2.05, 4.69) is 39.1 Å². The summed E-state index contributed by atoms with van der Waals surface area (Å²) >= 11 is 0. The van der Waals surface area contributed by atoms with E-state index >= 15 is 0 Å². The van der Waals surface area contributed by atoms with Gasteiger partial charge in [-0.25, -0.2) is 14.6 Å². The van der Waals surface area contributed by atoms with Gasteiger partial charge in [-0.15, -0.1) is 0 Å². The van der Waals surface area contributed by atoms with E-state index in [0.717, 1.165) is 43.0 Å². The van der Waals surface area contributed by atoms with Crippen molar-refractivity contribution in [3.8, 4) is 0 Å². The summed E-state index contributed by atoms with van der Waals surface area (Å²) < 4.78 is 1.95. The van der Waals surface area contributed by atoms with Crippen LogP contribution < -0.4 is 10.2 Å². The van der Waals surface area contributed by atoms with Crippen LogP contribution in [-0.4, -0.2) is 45.9 Å². The fraction of sp³-hybridized carbons (Fsp3) is 0.583. The number of aromatic nitrogens is 4. The van der Waals surface area contributed by atoms with Crippen molar-refractivity contribution in [2.45, 2.75) is 19.9 Å². The second-order valence-corrected chi connectivity index (χ2v) is 4.85. The highest BCUT2D eigenvalue weighted by Crippen LogP contribution is 2.24. The molecule has 96 valence electrons. The minimum atomic E-state index is 0.313. The number of nitrogens with one attached hydrogen (secondary N) is 1. The highest BCUT2D eigenvalue weighted by atomic mass is 15.3. The summed E-state index contributed by atoms with van der Waals surface area (Å²) in [5.74, 6) is 1.01. The van der Waals surface area contributed by atoms with E-state index < -0.39 is 0 Å². The molecule has 0 radical (unpaired) electrons. The molecule has 0 unspecified atom stereocenters. The maximum Gasteiger partial charge on any atom is 0.163 e. The van der Waals surface area contributed by atoms with Crippen molar-refractivity contribution in [2.24, 2.45) is 0 Å². The SMILES string of the molecule is CC(C)n1ncc2c(N3CCNCC3)ncnc21. The molecule has 0 amide bonds. The largest absolute Gasteiger partial charge is 0.353 e. The molecule has 1 saturated heterocycles. The first-order chi connectivity index (χ1) is 8.77. The predicted molar refractivity (Wildman–Crippen MR) is 70.8 cm³/mol. The third-order valence-electron chi connectivity index (χ3n) is 3.28. The van der Waals surface area contributed by atoms with E-state index in [4.69, 9.17) is 0 Å². The molecule has 0 saturated carbocycles. The van der Waals surface area contributed by atoms with Gasteiger partial charge < -0.3 is 10.2 Å². The van der Waals surface area contributed by atoms with Crippen LogP contribution in [0.3, 0.4) is 0 Å². The van der Waals surface area contributed by atoms with Crippen molar-refractivity contribution in [3.63, 3.8) is 0 Å². The summed E-state index contributed by atoms with van der Waals surface area (Å²) in [5, 5.41) is 8.82. The third-order valence-corrected chi connectivity index (χ3v) is 3.28. The van der Waals surface area contributed by atoms with Gasteiger partial charge in [-0.2, -0.15) is 5.10 Å². The molecule has 0 spiro atoms. The van der Waals surface area contributed by atoms with Gasteiger partial charge in [-0.05, 0) is 13.8 Å². The summed E-state index contributed by atoms with van der Waals surface area (Å²) in [6, 6.07) is 0.313. The number of rotatable bonds is 2. The molecular weight excluding hydrogens is 228 g/mol. The topological polar surface area (TPSA) is 58.9 Å². The van der Waals surface area contributed by atoms with E-state index in [1.54, 1.807) is 6.33 Å². The van der Waals surface area contributed by atoms with Gasteiger partial charge in [0.1, 0.15) is 12.1 Å². The van der Waals surface area contributed by atoms with Crippen molar-refractivity contribution in [2.75, 3.05) is 31.1 Å². The van der Waals surface area contributed by atoms with Gasteiger partial charge in [0, 0.05) is 32.2 Å². The Labute approximate surface area is 106 Å². The summed E-state index contributed by atoms with van der Waals surface area (Å²) in [6.07, 6.45) is 3.52. The van der Waals surface area contributed by atoms with Crippen LogP contribution in [0.5, 0.6) is 0 Å². The lowest BCUT2D eigenvalue weighted by molar-refractivity contribution is 0.546. The number of fused-ring (bicyclic) bond motifs is 1. The zero-order valence-corrected chi connectivity index (χ0v) is 10.8. The lowest BCUT2D eigenvalue weighted by atomic mass is 10.3. The molecule has 1 N–H and O–H groups in total. The number of anilines is 1. The molecule has 1 aliphatic heterocycles. The fourth-order valence-corrected chi connectivity index (χ4v) is 2.36. The summed E-state index contributed by atoms with van der Waals surface area (Å²) in [4.78, 5) is 11.1. The molecule has 3 heterocycles. The van der Waals surface area contributed by atoms with Crippen molar-refractivity contribution < 1.29 is 0 Å². The highest BCUT2D eigenvalue weighted by molar-refractivity contribution is 5.86. The molecule has 0 aromatic carbocycles. The van der Waals surface area contributed by atoms with Crippen molar-refractivity contribution >= 4 is 16.9 Å². The molecule has 1 aliphatic rings. The van der Waals surface area contributed by atoms with Gasteiger partial charge in [-0.1, -0.05) is 0 Å². The van der Waals surface area contributed by atoms with Gasteiger partial charge in [0.25, 0.3) is 0 Å². The van der Waals surface area contributed by atoms with Gasteiger partial charge in [-0.3, -0.25) is 0 Å². The number of hydrogen-bond donors (Lipinski definition) is 1. The van der Waals surface area contributed by atoms with E-state index in [1.165, 1.54) is 0 Å². The van der Waals surface area contributed by atoms with Crippen LogP contribution in [0.4, 0.5) is 5.82 Å². The van der Waals surface area contributed by atoms with Gasteiger partial charge >= 0.3 is 0 Å². The molecule has 2 aromatic heterocycles. The van der Waals surface area contributed by atoms with Crippen LogP contribution in [0.1, 0.15) is 19.9 Å². The van der Waals surface area contributed by atoms with Crippen LogP contribution >= 0.6 is 0 Å². The van der Waals surface area contributed by atoms with E-state index in [1.807, 2.05) is 10.9 Å². The first-order valence-electron chi connectivity index (χ1n) is 6.41. The fourth-order valence-electron chi connectivity index (χ4n) is 2.36. The Bertz CT molecular complexity index is 540. The Hall–Kier alpha value is -1.69. The molecule has 2 aromatic rings. The molecule has 6 nitrogen and oxygen atoms in total. The van der Waals surface area contributed by atoms with Crippen LogP contribution in [0, 0.1) is 0 Å². The Morgan fingerprint density at radius 2 is 2.00 bits per heavy atom. The number of piperazine rings is 1. The predicted octanol–water partition coefficient (Wildman–Crippen LogP) is 0.817. The van der Waals surface area contributed by atoms with Crippen molar-refractivity contribution in [1.29, 1.82) is 0 Å². The molecule has 18 heavy (non-hydrogen) atoms. The summed E-state index contributed by atoms with van der Waals surface area (Å²) in [7, 11) is 0. The second-order valence-electron chi connectivity index (χ2n) is 4.85. The Kier molecular flexibility index (Phi) is 2.87. The molecule has 6 heteroatoms. The van der Waals surface area contributed by atoms with Gasteiger partial charge in [0.2, 0.25) is 0 Å². The lowest BCUT2D eigenvalue weighted by Crippen LogP contribution is -2.44. The molecule has 3 rings (SSSR count). The Morgan fingerprint density at radius 1 is 1.22 bits per heavy atom. The molecule has 0 aliphatic carbocycles. The summed E-state index contributed by atoms with van der Waals surface area (Å²) in [5.41, 5.74) is 0.925. The quantitative estimate of drug-likeness (QED) is 0.850. The van der Waals surface area contributed by atoms with Crippen LogP contribution in [-0.2, 0) is 0 Å². The average Bonchev–Trinajstić information content (AvgIpc) is 2.83.